The fraction of sp³-hybridized carbons (Fsp3) is 0.286. The van der Waals surface area contributed by atoms with E-state index in [0.29, 0.717) is 22.9 Å². The number of carbonyl (C=O) groups excluding carboxylic acids is 1. The van der Waals surface area contributed by atoms with Gasteiger partial charge in [-0.1, -0.05) is 29.8 Å². The van der Waals surface area contributed by atoms with Crippen LogP contribution in [0.25, 0.3) is 0 Å². The summed E-state index contributed by atoms with van der Waals surface area (Å²) in [5.74, 6) is -2.98. The standard InChI is InChI=1S/C19H23ClN2O3.C2H2O4/c1-22(2)12-11-18(14-7-9-15(20)10-8-14)25-19(23)21-16-5-4-6-17(13-16)24-3;3-1(4)2(5)6/h4-10,13,18H,11-12H2,1-3H3,(H,21,23);(H,3,4)(H,5,6). The molecule has 0 aliphatic carbocycles. The Bertz CT molecular complexity index is 860. The van der Waals surface area contributed by atoms with Gasteiger partial charge >= 0.3 is 18.0 Å². The van der Waals surface area contributed by atoms with E-state index in [1.54, 1.807) is 37.4 Å². The van der Waals surface area contributed by atoms with Crippen LogP contribution in [0.15, 0.2) is 48.5 Å². The van der Waals surface area contributed by atoms with E-state index in [1.807, 2.05) is 37.2 Å². The third-order valence-electron chi connectivity index (χ3n) is 3.83. The molecule has 0 bridgehead atoms. The Balaban J connectivity index is 0.000000703. The van der Waals surface area contributed by atoms with Crippen molar-refractivity contribution in [2.45, 2.75) is 12.5 Å². The number of hydrogen-bond donors (Lipinski definition) is 3. The molecule has 0 fully saturated rings. The molecule has 0 heterocycles. The van der Waals surface area contributed by atoms with Gasteiger partial charge in [-0.3, -0.25) is 5.32 Å². The number of rotatable bonds is 7. The highest BCUT2D eigenvalue weighted by molar-refractivity contribution is 6.30. The van der Waals surface area contributed by atoms with Gasteiger partial charge in [-0.15, -0.1) is 0 Å². The van der Waals surface area contributed by atoms with Crippen LogP contribution < -0.4 is 10.1 Å². The molecule has 9 nitrogen and oxygen atoms in total. The molecule has 31 heavy (non-hydrogen) atoms. The first kappa shape index (κ1) is 25.7. The van der Waals surface area contributed by atoms with E-state index in [1.165, 1.54) is 0 Å². The molecule has 1 atom stereocenters. The van der Waals surface area contributed by atoms with Crippen LogP contribution in [-0.2, 0) is 14.3 Å². The first-order chi connectivity index (χ1) is 14.6. The summed E-state index contributed by atoms with van der Waals surface area (Å²) in [5, 5.41) is 18.2. The van der Waals surface area contributed by atoms with Crippen LogP contribution in [0, 0.1) is 0 Å². The molecule has 0 aliphatic heterocycles. The van der Waals surface area contributed by atoms with Crippen molar-refractivity contribution in [1.29, 1.82) is 0 Å². The summed E-state index contributed by atoms with van der Waals surface area (Å²) in [4.78, 5) is 32.5. The van der Waals surface area contributed by atoms with Crippen molar-refractivity contribution in [2.75, 3.05) is 33.1 Å². The summed E-state index contributed by atoms with van der Waals surface area (Å²) in [6.07, 6.45) is -0.183. The molecule has 0 aliphatic rings. The highest BCUT2D eigenvalue weighted by Crippen LogP contribution is 2.24. The number of nitrogens with one attached hydrogen (secondary N) is 1. The zero-order chi connectivity index (χ0) is 23.4. The Kier molecular flexibility index (Phi) is 10.9. The van der Waals surface area contributed by atoms with E-state index < -0.39 is 18.0 Å². The van der Waals surface area contributed by atoms with Crippen LogP contribution in [-0.4, -0.2) is 60.9 Å². The third kappa shape index (κ3) is 10.3. The molecule has 1 unspecified atom stereocenters. The van der Waals surface area contributed by atoms with Gasteiger partial charge in [0, 0.05) is 29.7 Å². The molecule has 3 N–H and O–H groups in total. The van der Waals surface area contributed by atoms with E-state index in [-0.39, 0.29) is 6.10 Å². The van der Waals surface area contributed by atoms with Crippen molar-refractivity contribution in [3.8, 4) is 5.75 Å². The number of ether oxygens (including phenoxy) is 2. The summed E-state index contributed by atoms with van der Waals surface area (Å²) in [5.41, 5.74) is 1.53. The van der Waals surface area contributed by atoms with E-state index in [0.717, 1.165) is 12.1 Å². The van der Waals surface area contributed by atoms with Crippen LogP contribution in [0.4, 0.5) is 10.5 Å². The molecule has 2 rings (SSSR count). The predicted octanol–water partition coefficient (Wildman–Crippen LogP) is 3.75. The monoisotopic (exact) mass is 452 g/mol. The molecule has 0 saturated heterocycles. The van der Waals surface area contributed by atoms with Gasteiger partial charge in [0.15, 0.2) is 0 Å². The number of anilines is 1. The summed E-state index contributed by atoms with van der Waals surface area (Å²) in [6, 6.07) is 14.5. The van der Waals surface area contributed by atoms with Gasteiger partial charge < -0.3 is 24.6 Å². The Morgan fingerprint density at radius 3 is 2.19 bits per heavy atom. The minimum absolute atomic E-state index is 0.356. The van der Waals surface area contributed by atoms with Gasteiger partial charge in [-0.2, -0.15) is 0 Å². The number of amides is 1. The molecule has 10 heteroatoms. The van der Waals surface area contributed by atoms with Crippen molar-refractivity contribution >= 4 is 35.3 Å². The Morgan fingerprint density at radius 2 is 1.68 bits per heavy atom. The van der Waals surface area contributed by atoms with Crippen LogP contribution in [0.1, 0.15) is 18.1 Å². The minimum atomic E-state index is -1.82. The summed E-state index contributed by atoms with van der Waals surface area (Å²) in [6.45, 7) is 0.791. The quantitative estimate of drug-likeness (QED) is 0.542. The molecule has 0 spiro atoms. The summed E-state index contributed by atoms with van der Waals surface area (Å²) >= 11 is 5.95. The number of methoxy groups -OCH3 is 1. The molecule has 0 saturated carbocycles. The molecule has 0 aromatic heterocycles. The maximum atomic E-state index is 12.3. The first-order valence-electron chi connectivity index (χ1n) is 9.10. The maximum absolute atomic E-state index is 12.3. The SMILES string of the molecule is COc1cccc(NC(=O)OC(CCN(C)C)c2ccc(Cl)cc2)c1.O=C(O)C(=O)O. The smallest absolute Gasteiger partial charge is 0.414 e. The van der Waals surface area contributed by atoms with E-state index in [4.69, 9.17) is 40.9 Å². The van der Waals surface area contributed by atoms with Gasteiger partial charge in [-0.25, -0.2) is 14.4 Å². The number of hydrogen-bond acceptors (Lipinski definition) is 6. The second kappa shape index (κ2) is 13.1. The topological polar surface area (TPSA) is 125 Å². The highest BCUT2D eigenvalue weighted by atomic mass is 35.5. The van der Waals surface area contributed by atoms with Crippen molar-refractivity contribution in [1.82, 2.24) is 4.90 Å². The minimum Gasteiger partial charge on any atom is -0.497 e. The maximum Gasteiger partial charge on any atom is 0.414 e. The fourth-order valence-corrected chi connectivity index (χ4v) is 2.45. The average Bonchev–Trinajstić information content (AvgIpc) is 2.72. The van der Waals surface area contributed by atoms with Gasteiger partial charge in [0.1, 0.15) is 11.9 Å². The van der Waals surface area contributed by atoms with E-state index in [2.05, 4.69) is 5.32 Å². The number of benzene rings is 2. The van der Waals surface area contributed by atoms with E-state index >= 15 is 0 Å². The molecule has 168 valence electrons. The molecule has 0 radical (unpaired) electrons. The number of carbonyl (C=O) groups is 3. The van der Waals surface area contributed by atoms with Crippen molar-refractivity contribution in [3.63, 3.8) is 0 Å². The summed E-state index contributed by atoms with van der Waals surface area (Å²) < 4.78 is 10.8. The van der Waals surface area contributed by atoms with Crippen molar-refractivity contribution in [3.05, 3.63) is 59.1 Å². The van der Waals surface area contributed by atoms with E-state index in [9.17, 15) is 4.79 Å². The number of nitrogens with zero attached hydrogens (tertiary/aromatic N) is 1. The van der Waals surface area contributed by atoms with Crippen LogP contribution in [0.5, 0.6) is 5.75 Å². The number of halogens is 1. The van der Waals surface area contributed by atoms with Crippen molar-refractivity contribution in [2.24, 2.45) is 0 Å². The van der Waals surface area contributed by atoms with Crippen molar-refractivity contribution < 1.29 is 34.1 Å². The second-order valence-corrected chi connectivity index (χ2v) is 6.94. The Labute approximate surface area is 185 Å². The first-order valence-corrected chi connectivity index (χ1v) is 9.48. The second-order valence-electron chi connectivity index (χ2n) is 6.50. The van der Waals surface area contributed by atoms with Gasteiger partial charge in [-0.05, 0) is 43.9 Å². The Morgan fingerprint density at radius 1 is 1.06 bits per heavy atom. The number of carboxylic acid groups (broad SMARTS) is 2. The van der Waals surface area contributed by atoms with Gasteiger partial charge in [0.25, 0.3) is 0 Å². The van der Waals surface area contributed by atoms with Crippen LogP contribution in [0.3, 0.4) is 0 Å². The highest BCUT2D eigenvalue weighted by Gasteiger charge is 2.17. The van der Waals surface area contributed by atoms with Crippen LogP contribution in [0.2, 0.25) is 5.02 Å². The largest absolute Gasteiger partial charge is 0.497 e. The van der Waals surface area contributed by atoms with Crippen LogP contribution >= 0.6 is 11.6 Å². The molecule has 2 aromatic rings. The zero-order valence-corrected chi connectivity index (χ0v) is 18.1. The zero-order valence-electron chi connectivity index (χ0n) is 17.4. The Hall–Kier alpha value is -3.30. The molecule has 2 aromatic carbocycles. The third-order valence-corrected chi connectivity index (χ3v) is 4.08. The number of carboxylic acids is 2. The lowest BCUT2D eigenvalue weighted by Crippen LogP contribution is -2.22. The molecular weight excluding hydrogens is 428 g/mol. The fourth-order valence-electron chi connectivity index (χ4n) is 2.32. The lowest BCUT2D eigenvalue weighted by Gasteiger charge is -2.21. The number of aliphatic carboxylic acids is 2. The lowest BCUT2D eigenvalue weighted by molar-refractivity contribution is -0.159. The average molecular weight is 453 g/mol. The lowest BCUT2D eigenvalue weighted by atomic mass is 10.1. The van der Waals surface area contributed by atoms with Gasteiger partial charge in [0.2, 0.25) is 0 Å². The van der Waals surface area contributed by atoms with Gasteiger partial charge in [0.05, 0.1) is 7.11 Å². The molecular formula is C21H25ClN2O7. The summed E-state index contributed by atoms with van der Waals surface area (Å²) in [7, 11) is 5.54. The predicted molar refractivity (Wildman–Crippen MR) is 116 cm³/mol. The normalized spacial score (nSPS) is 11.0. The molecule has 1 amide bonds.